The van der Waals surface area contributed by atoms with Gasteiger partial charge in [0.15, 0.2) is 6.61 Å². The molecule has 8 heteroatoms. The van der Waals surface area contributed by atoms with Gasteiger partial charge in [0, 0.05) is 13.1 Å². The smallest absolute Gasteiger partial charge is 0.410 e. The van der Waals surface area contributed by atoms with Crippen LogP contribution < -0.4 is 5.32 Å². The standard InChI is InChI=1S/C19H31N3O5/c1-13(2)19(6,12-20)21-15(23)11-26-16(24)14-7-9-22(10-8-14)17(25)27-18(3,4)5/h13-14H,7-11H2,1-6H3,(H,21,23)/t19-/m1/s1. The highest BCUT2D eigenvalue weighted by Gasteiger charge is 2.32. The van der Waals surface area contributed by atoms with Gasteiger partial charge in [0.1, 0.15) is 11.1 Å². The third-order valence-electron chi connectivity index (χ3n) is 4.61. The van der Waals surface area contributed by atoms with Crippen LogP contribution in [0.25, 0.3) is 0 Å². The molecule has 1 N–H and O–H groups in total. The van der Waals surface area contributed by atoms with E-state index >= 15 is 0 Å². The maximum atomic E-state index is 12.2. The van der Waals surface area contributed by atoms with Crippen LogP contribution in [0.1, 0.15) is 54.4 Å². The summed E-state index contributed by atoms with van der Waals surface area (Å²) in [6.07, 6.45) is 0.529. The van der Waals surface area contributed by atoms with E-state index in [0.29, 0.717) is 25.9 Å². The minimum absolute atomic E-state index is 0.0840. The Kier molecular flexibility index (Phi) is 7.64. The molecule has 2 amide bonds. The number of hydrogen-bond donors (Lipinski definition) is 1. The lowest BCUT2D eigenvalue weighted by Gasteiger charge is -2.32. The van der Waals surface area contributed by atoms with E-state index in [4.69, 9.17) is 9.47 Å². The molecular formula is C19H31N3O5. The zero-order valence-electron chi connectivity index (χ0n) is 17.1. The SMILES string of the molecule is CC(C)[C@@](C)(C#N)NC(=O)COC(=O)C1CCN(C(=O)OC(C)(C)C)CC1. The van der Waals surface area contributed by atoms with Gasteiger partial charge >= 0.3 is 12.1 Å². The molecular weight excluding hydrogens is 350 g/mol. The number of carbonyl (C=O) groups is 3. The average Bonchev–Trinajstić information content (AvgIpc) is 2.58. The van der Waals surface area contributed by atoms with E-state index in [0.717, 1.165) is 0 Å². The third kappa shape index (κ3) is 7.08. The summed E-state index contributed by atoms with van der Waals surface area (Å²) in [5.41, 5.74) is -1.57. The number of ether oxygens (including phenoxy) is 2. The van der Waals surface area contributed by atoms with E-state index in [1.807, 2.05) is 13.8 Å². The van der Waals surface area contributed by atoms with Crippen LogP contribution in [0, 0.1) is 23.2 Å². The molecule has 0 radical (unpaired) electrons. The molecule has 0 unspecified atom stereocenters. The Bertz CT molecular complexity index is 597. The summed E-state index contributed by atoms with van der Waals surface area (Å²) in [7, 11) is 0. The number of likely N-dealkylation sites (tertiary alicyclic amines) is 1. The van der Waals surface area contributed by atoms with Crippen molar-refractivity contribution in [2.24, 2.45) is 11.8 Å². The molecule has 0 saturated carbocycles. The highest BCUT2D eigenvalue weighted by Crippen LogP contribution is 2.21. The van der Waals surface area contributed by atoms with Crippen molar-refractivity contribution in [3.05, 3.63) is 0 Å². The fraction of sp³-hybridized carbons (Fsp3) is 0.789. The second-order valence-corrected chi connectivity index (χ2v) is 8.37. The second-order valence-electron chi connectivity index (χ2n) is 8.37. The van der Waals surface area contributed by atoms with Gasteiger partial charge in [0.25, 0.3) is 5.91 Å². The first-order valence-corrected chi connectivity index (χ1v) is 9.25. The molecule has 0 bridgehead atoms. The Balaban J connectivity index is 2.42. The fourth-order valence-corrected chi connectivity index (χ4v) is 2.51. The Morgan fingerprint density at radius 3 is 2.19 bits per heavy atom. The molecule has 1 fully saturated rings. The van der Waals surface area contributed by atoms with E-state index in [-0.39, 0.29) is 11.8 Å². The second kappa shape index (κ2) is 9.07. The first-order valence-electron chi connectivity index (χ1n) is 9.25. The molecule has 1 atom stereocenters. The lowest BCUT2D eigenvalue weighted by Crippen LogP contribution is -2.50. The van der Waals surface area contributed by atoms with Gasteiger partial charge in [0.05, 0.1) is 12.0 Å². The first kappa shape index (κ1) is 22.7. The topological polar surface area (TPSA) is 109 Å². The molecule has 0 aliphatic carbocycles. The number of nitriles is 1. The van der Waals surface area contributed by atoms with Gasteiger partial charge in [-0.2, -0.15) is 5.26 Å². The van der Waals surface area contributed by atoms with Crippen LogP contribution in [0.5, 0.6) is 0 Å². The first-order chi connectivity index (χ1) is 12.4. The summed E-state index contributed by atoms with van der Waals surface area (Å²) in [4.78, 5) is 37.8. The van der Waals surface area contributed by atoms with Crippen LogP contribution >= 0.6 is 0 Å². The van der Waals surface area contributed by atoms with Crippen molar-refractivity contribution in [3.63, 3.8) is 0 Å². The van der Waals surface area contributed by atoms with Crippen molar-refractivity contribution < 1.29 is 23.9 Å². The molecule has 0 aromatic carbocycles. The van der Waals surface area contributed by atoms with E-state index in [1.165, 1.54) is 0 Å². The molecule has 1 heterocycles. The molecule has 8 nitrogen and oxygen atoms in total. The average molecular weight is 381 g/mol. The molecule has 1 aliphatic rings. The van der Waals surface area contributed by atoms with Gasteiger partial charge in [0.2, 0.25) is 0 Å². The van der Waals surface area contributed by atoms with Crippen LogP contribution in [0.15, 0.2) is 0 Å². The normalized spacial score (nSPS) is 17.6. The van der Waals surface area contributed by atoms with E-state index in [1.54, 1.807) is 32.6 Å². The molecule has 1 rings (SSSR count). The lowest BCUT2D eigenvalue weighted by atomic mass is 9.90. The zero-order chi connectivity index (χ0) is 20.8. The lowest BCUT2D eigenvalue weighted by molar-refractivity contribution is -0.154. The van der Waals surface area contributed by atoms with Gasteiger partial charge in [-0.15, -0.1) is 0 Å². The van der Waals surface area contributed by atoms with Gasteiger partial charge in [-0.25, -0.2) is 4.79 Å². The van der Waals surface area contributed by atoms with Gasteiger partial charge < -0.3 is 19.7 Å². The monoisotopic (exact) mass is 381 g/mol. The predicted molar refractivity (Wildman–Crippen MR) is 98.5 cm³/mol. The summed E-state index contributed by atoms with van der Waals surface area (Å²) in [6.45, 7) is 11.1. The maximum absolute atomic E-state index is 12.2. The minimum Gasteiger partial charge on any atom is -0.455 e. The van der Waals surface area contributed by atoms with Crippen molar-refractivity contribution >= 4 is 18.0 Å². The Morgan fingerprint density at radius 2 is 1.74 bits per heavy atom. The molecule has 152 valence electrons. The number of nitrogens with zero attached hydrogens (tertiary/aromatic N) is 2. The summed E-state index contributed by atoms with van der Waals surface area (Å²) in [5, 5.41) is 11.8. The van der Waals surface area contributed by atoms with E-state index in [2.05, 4.69) is 11.4 Å². The van der Waals surface area contributed by atoms with Crippen molar-refractivity contribution in [2.75, 3.05) is 19.7 Å². The summed E-state index contributed by atoms with van der Waals surface area (Å²) in [5.74, 6) is -1.41. The van der Waals surface area contributed by atoms with E-state index in [9.17, 15) is 19.6 Å². The number of hydrogen-bond acceptors (Lipinski definition) is 6. The quantitative estimate of drug-likeness (QED) is 0.732. The van der Waals surface area contributed by atoms with Crippen molar-refractivity contribution in [1.29, 1.82) is 5.26 Å². The molecule has 0 spiro atoms. The third-order valence-corrected chi connectivity index (χ3v) is 4.61. The Hall–Kier alpha value is -2.30. The van der Waals surface area contributed by atoms with E-state index < -0.39 is 35.7 Å². The van der Waals surface area contributed by atoms with Gasteiger partial charge in [-0.05, 0) is 46.5 Å². The molecule has 27 heavy (non-hydrogen) atoms. The number of nitrogens with one attached hydrogen (secondary N) is 1. The number of rotatable bonds is 5. The molecule has 1 saturated heterocycles. The summed E-state index contributed by atoms with van der Waals surface area (Å²) in [6, 6.07) is 2.07. The van der Waals surface area contributed by atoms with Gasteiger partial charge in [-0.3, -0.25) is 9.59 Å². The largest absolute Gasteiger partial charge is 0.455 e. The number of piperidine rings is 1. The zero-order valence-corrected chi connectivity index (χ0v) is 17.1. The van der Waals surface area contributed by atoms with Crippen LogP contribution in [-0.2, 0) is 19.1 Å². The van der Waals surface area contributed by atoms with Crippen LogP contribution in [-0.4, -0.2) is 53.7 Å². The van der Waals surface area contributed by atoms with Crippen LogP contribution in [0.3, 0.4) is 0 Å². The summed E-state index contributed by atoms with van der Waals surface area (Å²) < 4.78 is 10.4. The Morgan fingerprint density at radius 1 is 1.19 bits per heavy atom. The highest BCUT2D eigenvalue weighted by atomic mass is 16.6. The van der Waals surface area contributed by atoms with Crippen molar-refractivity contribution in [1.82, 2.24) is 10.2 Å². The van der Waals surface area contributed by atoms with Crippen molar-refractivity contribution in [3.8, 4) is 6.07 Å². The number of amides is 2. The molecule has 0 aromatic rings. The van der Waals surface area contributed by atoms with Crippen LogP contribution in [0.2, 0.25) is 0 Å². The maximum Gasteiger partial charge on any atom is 0.410 e. The van der Waals surface area contributed by atoms with Crippen LogP contribution in [0.4, 0.5) is 4.79 Å². The number of carbonyl (C=O) groups excluding carboxylic acids is 3. The highest BCUT2D eigenvalue weighted by molar-refractivity contribution is 5.82. The molecule has 1 aliphatic heterocycles. The Labute approximate surface area is 161 Å². The minimum atomic E-state index is -1.01. The van der Waals surface area contributed by atoms with Crippen molar-refractivity contribution in [2.45, 2.75) is 65.5 Å². The molecule has 0 aromatic heterocycles. The predicted octanol–water partition coefficient (Wildman–Crippen LogP) is 2.23. The fourth-order valence-electron chi connectivity index (χ4n) is 2.51. The summed E-state index contributed by atoms with van der Waals surface area (Å²) >= 11 is 0. The van der Waals surface area contributed by atoms with Gasteiger partial charge in [-0.1, -0.05) is 13.8 Å². The number of esters is 1.